The summed E-state index contributed by atoms with van der Waals surface area (Å²) in [4.78, 5) is 13.5. The van der Waals surface area contributed by atoms with Crippen LogP contribution < -0.4 is 9.80 Å². The second-order valence-corrected chi connectivity index (χ2v) is 7.93. The molecule has 2 aromatic carbocycles. The van der Waals surface area contributed by atoms with E-state index in [2.05, 4.69) is 26.8 Å². The number of H-pyrrole nitrogens is 1. The first kappa shape index (κ1) is 19.5. The van der Waals surface area contributed by atoms with E-state index in [4.69, 9.17) is 5.41 Å². The first-order valence-electron chi connectivity index (χ1n) is 10.1. The summed E-state index contributed by atoms with van der Waals surface area (Å²) < 4.78 is 27.9. The third-order valence-corrected chi connectivity index (χ3v) is 5.87. The number of aliphatic hydroxyl groups excluding tert-OH is 1. The topological polar surface area (TPSA) is 82.5 Å². The monoisotopic (exact) mass is 424 g/mol. The van der Waals surface area contributed by atoms with E-state index in [1.165, 1.54) is 4.90 Å². The summed E-state index contributed by atoms with van der Waals surface area (Å²) in [5.41, 5.74) is 2.66. The molecule has 0 aliphatic carbocycles. The van der Waals surface area contributed by atoms with Gasteiger partial charge in [-0.2, -0.15) is 0 Å². The maximum atomic E-state index is 14.2. The van der Waals surface area contributed by atoms with Crippen molar-refractivity contribution >= 4 is 33.8 Å². The van der Waals surface area contributed by atoms with Crippen LogP contribution in [-0.4, -0.2) is 65.6 Å². The van der Waals surface area contributed by atoms with E-state index in [9.17, 15) is 13.9 Å². The van der Waals surface area contributed by atoms with Crippen LogP contribution in [0.15, 0.2) is 42.2 Å². The first-order valence-corrected chi connectivity index (χ1v) is 10.1. The number of aromatic nitrogens is 2. The number of amidine groups is 1. The summed E-state index contributed by atoms with van der Waals surface area (Å²) in [5, 5.41) is 19.0. The second kappa shape index (κ2) is 7.35. The molecule has 0 spiro atoms. The summed E-state index contributed by atoms with van der Waals surface area (Å²) in [5.74, 6) is -1.21. The molecule has 0 atom stereocenters. The van der Waals surface area contributed by atoms with Gasteiger partial charge in [0, 0.05) is 37.9 Å². The van der Waals surface area contributed by atoms with Gasteiger partial charge in [-0.25, -0.2) is 13.8 Å². The van der Waals surface area contributed by atoms with Crippen LogP contribution >= 0.6 is 0 Å². The number of piperazine rings is 1. The van der Waals surface area contributed by atoms with Gasteiger partial charge in [-0.15, -0.1) is 0 Å². The molecule has 1 fully saturated rings. The molecule has 0 saturated carbocycles. The number of anilines is 2. The van der Waals surface area contributed by atoms with Crippen molar-refractivity contribution in [3.8, 4) is 0 Å². The number of aliphatic hydroxyl groups is 1. The van der Waals surface area contributed by atoms with Crippen LogP contribution in [0.3, 0.4) is 0 Å². The number of hydrogen-bond donors (Lipinski definition) is 3. The van der Waals surface area contributed by atoms with Gasteiger partial charge in [0.1, 0.15) is 29.1 Å². The predicted molar refractivity (Wildman–Crippen MR) is 117 cm³/mol. The Hall–Kier alpha value is -3.46. The number of hydrogen-bond acceptors (Lipinski definition) is 5. The van der Waals surface area contributed by atoms with Crippen LogP contribution in [0.4, 0.5) is 20.2 Å². The molecule has 7 nitrogen and oxygen atoms in total. The van der Waals surface area contributed by atoms with Crippen LogP contribution in [0.25, 0.3) is 16.6 Å². The number of nitrogens with one attached hydrogen (secondary N) is 2. The Labute approximate surface area is 177 Å². The molecule has 3 aromatic rings. The standard InChI is InChI=1S/C22H22F2N6O/c1-28-6-8-29(9-7-28)14-3-5-16-17(11-14)27-22(26-16)20-19(31)12-30(21(20)25)18-10-13(23)2-4-15(18)24/h2-5,10-11,25,31H,6-9,12H2,1H3,(H,26,27). The highest BCUT2D eigenvalue weighted by molar-refractivity contribution is 6.30. The number of likely N-dealkylation sites (N-methyl/N-ethyl adjacent to an activating group) is 1. The zero-order valence-electron chi connectivity index (χ0n) is 17.0. The first-order chi connectivity index (χ1) is 14.9. The van der Waals surface area contributed by atoms with Gasteiger partial charge in [0.05, 0.1) is 28.8 Å². The Kier molecular flexibility index (Phi) is 4.62. The van der Waals surface area contributed by atoms with Crippen molar-refractivity contribution in [2.75, 3.05) is 49.6 Å². The number of rotatable bonds is 3. The van der Waals surface area contributed by atoms with E-state index in [1.807, 2.05) is 18.2 Å². The lowest BCUT2D eigenvalue weighted by atomic mass is 10.2. The minimum atomic E-state index is -0.665. The molecule has 2 aliphatic rings. The molecule has 5 rings (SSSR count). The van der Waals surface area contributed by atoms with E-state index in [0.29, 0.717) is 11.3 Å². The molecule has 3 N–H and O–H groups in total. The highest BCUT2D eigenvalue weighted by Crippen LogP contribution is 2.33. The quantitative estimate of drug-likeness (QED) is 0.601. The van der Waals surface area contributed by atoms with E-state index < -0.39 is 11.6 Å². The van der Waals surface area contributed by atoms with Crippen molar-refractivity contribution in [3.63, 3.8) is 0 Å². The van der Waals surface area contributed by atoms with Crippen molar-refractivity contribution in [3.05, 3.63) is 59.6 Å². The second-order valence-electron chi connectivity index (χ2n) is 7.93. The van der Waals surface area contributed by atoms with Crippen LogP contribution in [0.1, 0.15) is 5.82 Å². The molecule has 0 radical (unpaired) electrons. The number of benzene rings is 2. The highest BCUT2D eigenvalue weighted by atomic mass is 19.1. The van der Waals surface area contributed by atoms with Gasteiger partial charge in [-0.3, -0.25) is 5.41 Å². The van der Waals surface area contributed by atoms with E-state index in [1.54, 1.807) is 0 Å². The molecule has 9 heteroatoms. The number of aromatic amines is 1. The van der Waals surface area contributed by atoms with Crippen LogP contribution in [0.2, 0.25) is 0 Å². The van der Waals surface area contributed by atoms with Gasteiger partial charge >= 0.3 is 0 Å². The molecule has 0 amide bonds. The van der Waals surface area contributed by atoms with Crippen LogP contribution in [0.5, 0.6) is 0 Å². The summed E-state index contributed by atoms with van der Waals surface area (Å²) in [6, 6.07) is 8.97. The summed E-state index contributed by atoms with van der Waals surface area (Å²) in [6.07, 6.45) is 0. The van der Waals surface area contributed by atoms with Gasteiger partial charge < -0.3 is 24.8 Å². The average Bonchev–Trinajstić information content (AvgIpc) is 3.29. The lowest BCUT2D eigenvalue weighted by Gasteiger charge is -2.34. The van der Waals surface area contributed by atoms with E-state index in [-0.39, 0.29) is 29.4 Å². The summed E-state index contributed by atoms with van der Waals surface area (Å²) in [7, 11) is 2.11. The van der Waals surface area contributed by atoms with Gasteiger partial charge in [0.15, 0.2) is 0 Å². The number of fused-ring (bicyclic) bond motifs is 1. The minimum Gasteiger partial charge on any atom is -0.509 e. The van der Waals surface area contributed by atoms with Crippen molar-refractivity contribution in [2.24, 2.45) is 0 Å². The molecule has 0 bridgehead atoms. The highest BCUT2D eigenvalue weighted by Gasteiger charge is 2.33. The van der Waals surface area contributed by atoms with Crippen molar-refractivity contribution < 1.29 is 13.9 Å². The lowest BCUT2D eigenvalue weighted by Crippen LogP contribution is -2.44. The molecular formula is C22H22F2N6O. The fraction of sp³-hybridized carbons (Fsp3) is 0.273. The lowest BCUT2D eigenvalue weighted by molar-refractivity contribution is 0.313. The zero-order chi connectivity index (χ0) is 21.7. The molecule has 1 aromatic heterocycles. The maximum Gasteiger partial charge on any atom is 0.147 e. The average molecular weight is 424 g/mol. The van der Waals surface area contributed by atoms with Crippen molar-refractivity contribution in [2.45, 2.75) is 0 Å². The molecule has 2 aliphatic heterocycles. The molecule has 0 unspecified atom stereocenters. The van der Waals surface area contributed by atoms with E-state index in [0.717, 1.165) is 55.6 Å². The third-order valence-electron chi connectivity index (χ3n) is 5.87. The maximum absolute atomic E-state index is 14.2. The SMILES string of the molecule is CN1CCN(c2ccc3nc(C4=C(O)CN(c5cc(F)ccc5F)C4=N)[nH]c3c2)CC1. The summed E-state index contributed by atoms with van der Waals surface area (Å²) >= 11 is 0. The minimum absolute atomic E-state index is 0.0972. The van der Waals surface area contributed by atoms with Gasteiger partial charge in [-0.05, 0) is 37.4 Å². The zero-order valence-corrected chi connectivity index (χ0v) is 17.0. The normalized spacial score (nSPS) is 18.0. The summed E-state index contributed by atoms with van der Waals surface area (Å²) in [6.45, 7) is 3.74. The third kappa shape index (κ3) is 3.40. The smallest absolute Gasteiger partial charge is 0.147 e. The van der Waals surface area contributed by atoms with Gasteiger partial charge in [0.2, 0.25) is 0 Å². The Balaban J connectivity index is 1.45. The predicted octanol–water partition coefficient (Wildman–Crippen LogP) is 3.36. The Morgan fingerprint density at radius 1 is 1.06 bits per heavy atom. The van der Waals surface area contributed by atoms with Gasteiger partial charge in [-0.1, -0.05) is 0 Å². The molecule has 31 heavy (non-hydrogen) atoms. The largest absolute Gasteiger partial charge is 0.509 e. The number of halogens is 2. The molecular weight excluding hydrogens is 402 g/mol. The van der Waals surface area contributed by atoms with Crippen molar-refractivity contribution in [1.82, 2.24) is 14.9 Å². The number of nitrogens with zero attached hydrogens (tertiary/aromatic N) is 4. The van der Waals surface area contributed by atoms with Crippen LogP contribution in [-0.2, 0) is 0 Å². The molecule has 1 saturated heterocycles. The fourth-order valence-electron chi connectivity index (χ4n) is 4.10. The Morgan fingerprint density at radius 3 is 2.61 bits per heavy atom. The Bertz CT molecular complexity index is 1210. The van der Waals surface area contributed by atoms with E-state index >= 15 is 0 Å². The Morgan fingerprint density at radius 2 is 1.84 bits per heavy atom. The fourth-order valence-corrected chi connectivity index (χ4v) is 4.10. The molecule has 3 heterocycles. The van der Waals surface area contributed by atoms with Crippen molar-refractivity contribution in [1.29, 1.82) is 5.41 Å². The molecule has 160 valence electrons. The van der Waals surface area contributed by atoms with Crippen LogP contribution in [0, 0.1) is 17.0 Å². The van der Waals surface area contributed by atoms with Gasteiger partial charge in [0.25, 0.3) is 0 Å². The number of imidazole rings is 1.